The van der Waals surface area contributed by atoms with Crippen molar-refractivity contribution in [2.45, 2.75) is 27.4 Å². The average Bonchev–Trinajstić information content (AvgIpc) is 2.60. The highest BCUT2D eigenvalue weighted by Crippen LogP contribution is 2.30. The lowest BCUT2D eigenvalue weighted by Gasteiger charge is -2.14. The van der Waals surface area contributed by atoms with Gasteiger partial charge in [-0.05, 0) is 43.2 Å². The van der Waals surface area contributed by atoms with Crippen LogP contribution in [0.1, 0.15) is 36.7 Å². The van der Waals surface area contributed by atoms with E-state index in [1.54, 1.807) is 36.4 Å². The summed E-state index contributed by atoms with van der Waals surface area (Å²) >= 11 is 12.1. The van der Waals surface area contributed by atoms with Crippen molar-refractivity contribution in [2.24, 2.45) is 5.92 Å². The molecular formula is C20H23Cl2NO3. The van der Waals surface area contributed by atoms with Crippen molar-refractivity contribution in [3.05, 3.63) is 57.6 Å². The van der Waals surface area contributed by atoms with Gasteiger partial charge in [-0.2, -0.15) is 0 Å². The second-order valence-corrected chi connectivity index (χ2v) is 7.01. The van der Waals surface area contributed by atoms with Gasteiger partial charge < -0.3 is 14.8 Å². The minimum Gasteiger partial charge on any atom is -0.494 e. The number of nitrogens with one attached hydrogen (secondary N) is 1. The van der Waals surface area contributed by atoms with E-state index >= 15 is 0 Å². The Hall–Kier alpha value is -1.75. The van der Waals surface area contributed by atoms with Crippen molar-refractivity contribution in [2.75, 3.05) is 18.5 Å². The quantitative estimate of drug-likeness (QED) is 0.612. The van der Waals surface area contributed by atoms with Crippen LogP contribution in [0, 0.1) is 5.92 Å². The molecule has 140 valence electrons. The molecule has 1 amide bonds. The molecule has 1 N–H and O–H groups in total. The summed E-state index contributed by atoms with van der Waals surface area (Å²) in [6.45, 7) is 7.65. The maximum atomic E-state index is 12.6. The molecule has 0 aliphatic rings. The Kier molecular flexibility index (Phi) is 7.76. The summed E-state index contributed by atoms with van der Waals surface area (Å²) in [5.74, 6) is 0.873. The van der Waals surface area contributed by atoms with E-state index in [-0.39, 0.29) is 5.91 Å². The molecule has 26 heavy (non-hydrogen) atoms. The minimum atomic E-state index is -0.276. The fourth-order valence-corrected chi connectivity index (χ4v) is 2.68. The van der Waals surface area contributed by atoms with Gasteiger partial charge in [0.25, 0.3) is 5.91 Å². The molecule has 2 rings (SSSR count). The highest BCUT2D eigenvalue weighted by atomic mass is 35.5. The summed E-state index contributed by atoms with van der Waals surface area (Å²) < 4.78 is 11.3. The molecule has 0 spiro atoms. The molecule has 0 saturated heterocycles. The average molecular weight is 396 g/mol. The third-order valence-corrected chi connectivity index (χ3v) is 4.35. The first-order chi connectivity index (χ1) is 12.4. The predicted octanol–water partition coefficient (Wildman–Crippen LogP) is 5.82. The van der Waals surface area contributed by atoms with Gasteiger partial charge in [-0.1, -0.05) is 43.1 Å². The van der Waals surface area contributed by atoms with E-state index in [0.717, 1.165) is 5.56 Å². The van der Waals surface area contributed by atoms with Crippen LogP contribution in [0.15, 0.2) is 36.4 Å². The zero-order chi connectivity index (χ0) is 19.1. The van der Waals surface area contributed by atoms with E-state index in [0.29, 0.717) is 52.8 Å². The molecule has 0 aliphatic carbocycles. The van der Waals surface area contributed by atoms with Gasteiger partial charge in [0.1, 0.15) is 5.75 Å². The number of carbonyl (C=O) groups excluding carboxylic acids is 1. The maximum absolute atomic E-state index is 12.6. The number of ether oxygens (including phenoxy) is 2. The van der Waals surface area contributed by atoms with Gasteiger partial charge in [-0.3, -0.25) is 4.79 Å². The maximum Gasteiger partial charge on any atom is 0.255 e. The van der Waals surface area contributed by atoms with Crippen LogP contribution in [0.25, 0.3) is 0 Å². The molecule has 0 heterocycles. The van der Waals surface area contributed by atoms with Gasteiger partial charge in [0.15, 0.2) is 0 Å². The lowest BCUT2D eigenvalue weighted by Crippen LogP contribution is -2.13. The number of amides is 1. The van der Waals surface area contributed by atoms with Gasteiger partial charge in [-0.25, -0.2) is 0 Å². The van der Waals surface area contributed by atoms with Gasteiger partial charge in [-0.15, -0.1) is 0 Å². The molecule has 2 aromatic rings. The van der Waals surface area contributed by atoms with Gasteiger partial charge in [0, 0.05) is 17.7 Å². The lowest BCUT2D eigenvalue weighted by atomic mass is 10.1. The second-order valence-electron chi connectivity index (χ2n) is 6.22. The van der Waals surface area contributed by atoms with Crippen molar-refractivity contribution in [1.29, 1.82) is 0 Å². The smallest absolute Gasteiger partial charge is 0.255 e. The SMILES string of the molecule is CCOc1ccc(C(=O)Nc2cccc(Cl)c2Cl)cc1COCC(C)C. The number of halogens is 2. The zero-order valence-corrected chi connectivity index (χ0v) is 16.7. The van der Waals surface area contributed by atoms with Crippen LogP contribution in [0.4, 0.5) is 5.69 Å². The summed E-state index contributed by atoms with van der Waals surface area (Å²) in [6, 6.07) is 10.4. The zero-order valence-electron chi connectivity index (χ0n) is 15.1. The number of hydrogen-bond acceptors (Lipinski definition) is 3. The molecule has 6 heteroatoms. The van der Waals surface area contributed by atoms with Crippen molar-refractivity contribution < 1.29 is 14.3 Å². The van der Waals surface area contributed by atoms with Crippen LogP contribution in [-0.2, 0) is 11.3 Å². The summed E-state index contributed by atoms with van der Waals surface area (Å²) in [6.07, 6.45) is 0. The van der Waals surface area contributed by atoms with Crippen molar-refractivity contribution >= 4 is 34.8 Å². The molecular weight excluding hydrogens is 373 g/mol. The van der Waals surface area contributed by atoms with Crippen LogP contribution in [0.5, 0.6) is 5.75 Å². The topological polar surface area (TPSA) is 47.6 Å². The second kappa shape index (κ2) is 9.81. The first-order valence-electron chi connectivity index (χ1n) is 8.51. The molecule has 0 aromatic heterocycles. The molecule has 0 atom stereocenters. The van der Waals surface area contributed by atoms with Crippen LogP contribution in [-0.4, -0.2) is 19.1 Å². The largest absolute Gasteiger partial charge is 0.494 e. The van der Waals surface area contributed by atoms with Gasteiger partial charge in [0.2, 0.25) is 0 Å². The minimum absolute atomic E-state index is 0.276. The molecule has 0 saturated carbocycles. The highest BCUT2D eigenvalue weighted by molar-refractivity contribution is 6.44. The Morgan fingerprint density at radius 1 is 1.19 bits per heavy atom. The van der Waals surface area contributed by atoms with Gasteiger partial charge >= 0.3 is 0 Å². The van der Waals surface area contributed by atoms with Crippen molar-refractivity contribution in [3.63, 3.8) is 0 Å². The van der Waals surface area contributed by atoms with Crippen molar-refractivity contribution in [1.82, 2.24) is 0 Å². The number of anilines is 1. The van der Waals surface area contributed by atoms with E-state index in [1.165, 1.54) is 0 Å². The van der Waals surface area contributed by atoms with E-state index in [1.807, 2.05) is 6.92 Å². The molecule has 2 aromatic carbocycles. The first kappa shape index (κ1) is 20.6. The Bertz CT molecular complexity index is 763. The fourth-order valence-electron chi connectivity index (χ4n) is 2.33. The molecule has 0 fully saturated rings. The highest BCUT2D eigenvalue weighted by Gasteiger charge is 2.13. The summed E-state index contributed by atoms with van der Waals surface area (Å²) in [7, 11) is 0. The number of rotatable bonds is 8. The number of hydrogen-bond donors (Lipinski definition) is 1. The Morgan fingerprint density at radius 2 is 1.96 bits per heavy atom. The van der Waals surface area contributed by atoms with Crippen LogP contribution >= 0.6 is 23.2 Å². The van der Waals surface area contributed by atoms with Gasteiger partial charge in [0.05, 0.1) is 28.9 Å². The Labute approximate surface area is 164 Å². The molecule has 4 nitrogen and oxygen atoms in total. The molecule has 0 unspecified atom stereocenters. The Balaban J connectivity index is 2.19. The normalized spacial score (nSPS) is 10.8. The van der Waals surface area contributed by atoms with Crippen LogP contribution < -0.4 is 10.1 Å². The molecule has 0 aliphatic heterocycles. The standard InChI is InChI=1S/C20H23Cl2NO3/c1-4-26-18-9-8-14(10-15(18)12-25-11-13(2)3)20(24)23-17-7-5-6-16(21)19(17)22/h5-10,13H,4,11-12H2,1-3H3,(H,23,24). The van der Waals surface area contributed by atoms with Crippen molar-refractivity contribution in [3.8, 4) is 5.75 Å². The summed E-state index contributed by atoms with van der Waals surface area (Å²) in [5.41, 5.74) is 1.79. The Morgan fingerprint density at radius 3 is 2.65 bits per heavy atom. The third-order valence-electron chi connectivity index (χ3n) is 3.53. The predicted molar refractivity (Wildman–Crippen MR) is 107 cm³/mol. The first-order valence-corrected chi connectivity index (χ1v) is 9.26. The van der Waals surface area contributed by atoms with E-state index in [2.05, 4.69) is 19.2 Å². The van der Waals surface area contributed by atoms with Crippen LogP contribution in [0.3, 0.4) is 0 Å². The monoisotopic (exact) mass is 395 g/mol. The van der Waals surface area contributed by atoms with E-state index in [4.69, 9.17) is 32.7 Å². The lowest BCUT2D eigenvalue weighted by molar-refractivity contribution is 0.0948. The number of carbonyl (C=O) groups is 1. The number of benzene rings is 2. The molecule has 0 bridgehead atoms. The third kappa shape index (κ3) is 5.63. The van der Waals surface area contributed by atoms with E-state index in [9.17, 15) is 4.79 Å². The fraction of sp³-hybridized carbons (Fsp3) is 0.350. The summed E-state index contributed by atoms with van der Waals surface area (Å²) in [4.78, 5) is 12.6. The molecule has 0 radical (unpaired) electrons. The van der Waals surface area contributed by atoms with E-state index < -0.39 is 0 Å². The van der Waals surface area contributed by atoms with Crippen LogP contribution in [0.2, 0.25) is 10.0 Å². The summed E-state index contributed by atoms with van der Waals surface area (Å²) in [5, 5.41) is 3.49.